The van der Waals surface area contributed by atoms with Crippen molar-refractivity contribution in [2.75, 3.05) is 12.3 Å². The number of anilines is 1. The van der Waals surface area contributed by atoms with Gasteiger partial charge in [-0.1, -0.05) is 13.8 Å². The average molecular weight is 354 g/mol. The maximum absolute atomic E-state index is 13.2. The number of alkyl halides is 6. The quantitative estimate of drug-likeness (QED) is 0.642. The molecule has 1 atom stereocenters. The van der Waals surface area contributed by atoms with Gasteiger partial charge in [-0.15, -0.1) is 0 Å². The Balaban J connectivity index is 2.54. The van der Waals surface area contributed by atoms with E-state index in [0.29, 0.717) is 12.5 Å². The molecule has 2 N–H and O–H groups in total. The molecule has 0 bridgehead atoms. The number of benzene rings is 1. The Morgan fingerprint density at radius 1 is 1.17 bits per heavy atom. The van der Waals surface area contributed by atoms with Crippen LogP contribution in [0.5, 0.6) is 0 Å². The van der Waals surface area contributed by atoms with Crippen molar-refractivity contribution in [1.82, 2.24) is 0 Å². The van der Waals surface area contributed by atoms with E-state index in [1.165, 1.54) is 0 Å². The van der Waals surface area contributed by atoms with Gasteiger partial charge in [0, 0.05) is 5.69 Å². The Morgan fingerprint density at radius 3 is 2.29 bits per heavy atom. The second-order valence-corrected chi connectivity index (χ2v) is 6.01. The minimum absolute atomic E-state index is 0.0351. The summed E-state index contributed by atoms with van der Waals surface area (Å²) in [5, 5.41) is 0. The number of nitrogens with two attached hydrogens (primary N) is 1. The van der Waals surface area contributed by atoms with Crippen LogP contribution in [0.25, 0.3) is 0 Å². The van der Waals surface area contributed by atoms with Gasteiger partial charge in [-0.2, -0.15) is 26.3 Å². The van der Waals surface area contributed by atoms with Crippen LogP contribution in [-0.2, 0) is 17.1 Å². The molecule has 1 aliphatic rings. The van der Waals surface area contributed by atoms with E-state index in [0.717, 1.165) is 0 Å². The predicted octanol–water partition coefficient (Wildman–Crippen LogP) is 4.50. The fraction of sp³-hybridized carbons (Fsp3) is 0.533. The summed E-state index contributed by atoms with van der Waals surface area (Å²) in [5.74, 6) is -0.118. The van der Waals surface area contributed by atoms with Gasteiger partial charge in [0.15, 0.2) is 0 Å². The molecule has 24 heavy (non-hydrogen) atoms. The first-order chi connectivity index (χ1) is 10.9. The van der Waals surface area contributed by atoms with E-state index < -0.39 is 34.7 Å². The van der Waals surface area contributed by atoms with Gasteiger partial charge in [0.1, 0.15) is 6.61 Å². The molecular formula is C15H16F6N2O. The monoisotopic (exact) mass is 354 g/mol. The Labute approximate surface area is 134 Å². The zero-order chi connectivity index (χ0) is 18.3. The molecule has 0 aromatic heterocycles. The van der Waals surface area contributed by atoms with Crippen molar-refractivity contribution >= 4 is 11.6 Å². The minimum Gasteiger partial charge on any atom is -0.475 e. The molecule has 0 unspecified atom stereocenters. The molecular weight excluding hydrogens is 338 g/mol. The van der Waals surface area contributed by atoms with Crippen molar-refractivity contribution in [2.24, 2.45) is 10.9 Å². The van der Waals surface area contributed by atoms with Gasteiger partial charge < -0.3 is 10.5 Å². The number of aliphatic imine (C=N–C) groups is 1. The van der Waals surface area contributed by atoms with Gasteiger partial charge in [-0.3, -0.25) is 0 Å². The van der Waals surface area contributed by atoms with Gasteiger partial charge in [-0.05, 0) is 24.5 Å². The molecule has 1 aromatic carbocycles. The highest BCUT2D eigenvalue weighted by Gasteiger charge is 2.41. The van der Waals surface area contributed by atoms with Crippen LogP contribution in [0.3, 0.4) is 0 Å². The lowest BCUT2D eigenvalue weighted by Crippen LogP contribution is -2.19. The van der Waals surface area contributed by atoms with Crippen LogP contribution in [0.1, 0.15) is 37.0 Å². The molecule has 3 nitrogen and oxygen atoms in total. The third-order valence-electron chi connectivity index (χ3n) is 3.47. The summed E-state index contributed by atoms with van der Waals surface area (Å²) in [6.07, 6.45) is -9.37. The number of ether oxygens (including phenoxy) is 1. The maximum atomic E-state index is 13.2. The van der Waals surface area contributed by atoms with Crippen molar-refractivity contribution in [3.63, 3.8) is 0 Å². The normalized spacial score (nSPS) is 18.7. The van der Waals surface area contributed by atoms with E-state index in [1.54, 1.807) is 0 Å². The molecule has 1 heterocycles. The van der Waals surface area contributed by atoms with Crippen LogP contribution in [0.2, 0.25) is 0 Å². The number of hydrogen-bond acceptors (Lipinski definition) is 3. The number of nitrogens with zero attached hydrogens (tertiary/aromatic N) is 1. The topological polar surface area (TPSA) is 47.6 Å². The van der Waals surface area contributed by atoms with Crippen LogP contribution in [0, 0.1) is 5.92 Å². The number of nitrogen functional groups attached to an aromatic ring is 1. The first-order valence-corrected chi connectivity index (χ1v) is 7.18. The molecule has 1 aromatic rings. The zero-order valence-corrected chi connectivity index (χ0v) is 12.9. The summed E-state index contributed by atoms with van der Waals surface area (Å²) in [4.78, 5) is 4.06. The van der Waals surface area contributed by atoms with Crippen LogP contribution in [0.15, 0.2) is 17.1 Å². The van der Waals surface area contributed by atoms with Crippen LogP contribution in [0.4, 0.5) is 32.0 Å². The summed E-state index contributed by atoms with van der Waals surface area (Å²) < 4.78 is 83.2. The van der Waals surface area contributed by atoms with Gasteiger partial charge in [0.05, 0.1) is 22.7 Å². The van der Waals surface area contributed by atoms with Gasteiger partial charge in [0.25, 0.3) is 0 Å². The van der Waals surface area contributed by atoms with E-state index in [-0.39, 0.29) is 30.5 Å². The van der Waals surface area contributed by atoms with Crippen molar-refractivity contribution in [3.05, 3.63) is 28.8 Å². The summed E-state index contributed by atoms with van der Waals surface area (Å²) in [6.45, 7) is 3.91. The molecule has 0 fully saturated rings. The lowest BCUT2D eigenvalue weighted by Gasteiger charge is -2.17. The minimum atomic E-state index is -5.02. The summed E-state index contributed by atoms with van der Waals surface area (Å²) in [6, 6.07) is 0.155. The van der Waals surface area contributed by atoms with Crippen molar-refractivity contribution in [1.29, 1.82) is 0 Å². The SMILES string of the molecule is CC(C)C[C@H]1COC(c2c(N)cc(C(F)(F)F)cc2C(F)(F)F)=N1. The van der Waals surface area contributed by atoms with Crippen molar-refractivity contribution < 1.29 is 31.1 Å². The first kappa shape index (κ1) is 18.4. The van der Waals surface area contributed by atoms with Crippen LogP contribution < -0.4 is 5.73 Å². The van der Waals surface area contributed by atoms with Crippen molar-refractivity contribution in [2.45, 2.75) is 38.7 Å². The highest BCUT2D eigenvalue weighted by atomic mass is 19.4. The lowest BCUT2D eigenvalue weighted by atomic mass is 10.0. The second-order valence-electron chi connectivity index (χ2n) is 6.01. The molecule has 9 heteroatoms. The Kier molecular flexibility index (Phi) is 4.74. The summed E-state index contributed by atoms with van der Waals surface area (Å²) in [5.41, 5.74) is 1.21. The van der Waals surface area contributed by atoms with Gasteiger partial charge in [0.2, 0.25) is 5.90 Å². The molecule has 0 amide bonds. The van der Waals surface area contributed by atoms with Crippen molar-refractivity contribution in [3.8, 4) is 0 Å². The van der Waals surface area contributed by atoms with Gasteiger partial charge in [-0.25, -0.2) is 4.99 Å². The molecule has 0 radical (unpaired) electrons. The third kappa shape index (κ3) is 3.93. The van der Waals surface area contributed by atoms with E-state index in [9.17, 15) is 26.3 Å². The van der Waals surface area contributed by atoms with Crippen LogP contribution in [-0.4, -0.2) is 18.5 Å². The highest BCUT2D eigenvalue weighted by Crippen LogP contribution is 2.40. The molecule has 0 saturated heterocycles. The molecule has 0 spiro atoms. The number of rotatable bonds is 3. The zero-order valence-electron chi connectivity index (χ0n) is 12.9. The molecule has 1 aliphatic heterocycles. The predicted molar refractivity (Wildman–Crippen MR) is 76.6 cm³/mol. The second kappa shape index (κ2) is 6.18. The van der Waals surface area contributed by atoms with Crippen LogP contribution >= 0.6 is 0 Å². The smallest absolute Gasteiger partial charge is 0.417 e. The molecule has 2 rings (SSSR count). The maximum Gasteiger partial charge on any atom is 0.417 e. The average Bonchev–Trinajstić information content (AvgIpc) is 2.82. The first-order valence-electron chi connectivity index (χ1n) is 7.18. The number of halogens is 6. The van der Waals surface area contributed by atoms with E-state index in [1.807, 2.05) is 13.8 Å². The summed E-state index contributed by atoms with van der Waals surface area (Å²) in [7, 11) is 0. The van der Waals surface area contributed by atoms with E-state index >= 15 is 0 Å². The fourth-order valence-corrected chi connectivity index (χ4v) is 2.51. The van der Waals surface area contributed by atoms with E-state index in [2.05, 4.69) is 4.99 Å². The Bertz CT molecular complexity index is 649. The third-order valence-corrected chi connectivity index (χ3v) is 3.47. The highest BCUT2D eigenvalue weighted by molar-refractivity contribution is 6.01. The fourth-order valence-electron chi connectivity index (χ4n) is 2.51. The molecule has 0 saturated carbocycles. The summed E-state index contributed by atoms with van der Waals surface area (Å²) >= 11 is 0. The lowest BCUT2D eigenvalue weighted by molar-refractivity contribution is -0.143. The molecule has 0 aliphatic carbocycles. The van der Waals surface area contributed by atoms with Gasteiger partial charge >= 0.3 is 12.4 Å². The largest absolute Gasteiger partial charge is 0.475 e. The number of hydrogen-bond donors (Lipinski definition) is 1. The Morgan fingerprint density at radius 2 is 1.79 bits per heavy atom. The molecule has 134 valence electrons. The standard InChI is InChI=1S/C15H16F6N2O/c1-7(2)3-9-6-24-13(23-9)12-10(15(19,20)21)4-8(5-11(12)22)14(16,17)18/h4-5,7,9H,3,6,22H2,1-2H3/t9-/m0/s1. The Hall–Kier alpha value is -1.93. The van der Waals surface area contributed by atoms with E-state index in [4.69, 9.17) is 10.5 Å².